The highest BCUT2D eigenvalue weighted by Crippen LogP contribution is 2.25. The number of ether oxygens (including phenoxy) is 2. The quantitative estimate of drug-likeness (QED) is 0.232. The van der Waals surface area contributed by atoms with Crippen LogP contribution in [0.2, 0.25) is 25.7 Å². The maximum Gasteiger partial charge on any atom is 0.322 e. The Labute approximate surface area is 215 Å². The molecule has 3 aromatic heterocycles. The lowest BCUT2D eigenvalue weighted by molar-refractivity contribution is 0.0855. The minimum Gasteiger partial charge on any atom is -0.424 e. The molecule has 0 fully saturated rings. The summed E-state index contributed by atoms with van der Waals surface area (Å²) >= 11 is 1.47. The van der Waals surface area contributed by atoms with Crippen LogP contribution in [0.5, 0.6) is 11.8 Å². The third-order valence-electron chi connectivity index (χ3n) is 5.05. The summed E-state index contributed by atoms with van der Waals surface area (Å²) in [5.74, 6) is 1.12. The molecule has 1 aromatic carbocycles. The van der Waals surface area contributed by atoms with Gasteiger partial charge in [-0.15, -0.1) is 0 Å². The molecule has 0 saturated heterocycles. The van der Waals surface area contributed by atoms with E-state index in [4.69, 9.17) is 9.47 Å². The molecule has 36 heavy (non-hydrogen) atoms. The van der Waals surface area contributed by atoms with E-state index in [-0.39, 0.29) is 12.6 Å². The van der Waals surface area contributed by atoms with Crippen molar-refractivity contribution in [1.29, 1.82) is 0 Å². The molecule has 0 amide bonds. The van der Waals surface area contributed by atoms with Crippen molar-refractivity contribution < 1.29 is 14.6 Å². The molecular weight excluding hydrogens is 492 g/mol. The Morgan fingerprint density at radius 2 is 1.89 bits per heavy atom. The highest BCUT2D eigenvalue weighted by molar-refractivity contribution is 7.12. The summed E-state index contributed by atoms with van der Waals surface area (Å²) in [6.45, 7) is 9.78. The third kappa shape index (κ3) is 7.37. The molecule has 188 valence electrons. The molecule has 0 aliphatic rings. The molecule has 0 bridgehead atoms. The van der Waals surface area contributed by atoms with Crippen LogP contribution >= 0.6 is 11.3 Å². The second-order valence-corrected chi connectivity index (χ2v) is 16.1. The van der Waals surface area contributed by atoms with E-state index in [0.717, 1.165) is 22.3 Å². The normalized spacial score (nSPS) is 12.2. The summed E-state index contributed by atoms with van der Waals surface area (Å²) in [4.78, 5) is 23.8. The lowest BCUT2D eigenvalue weighted by atomic mass is 10.3. The monoisotopic (exact) mass is 522 g/mol. The summed E-state index contributed by atoms with van der Waals surface area (Å²) in [7, 11) is -1.20. The number of aliphatic hydroxyl groups excluding tert-OH is 1. The van der Waals surface area contributed by atoms with Crippen LogP contribution in [0.4, 0.5) is 5.82 Å². The van der Waals surface area contributed by atoms with Crippen LogP contribution in [0.15, 0.2) is 60.0 Å². The van der Waals surface area contributed by atoms with Crippen LogP contribution < -0.4 is 9.54 Å². The molecule has 0 saturated carbocycles. The van der Waals surface area contributed by atoms with Crippen molar-refractivity contribution in [1.82, 2.24) is 24.5 Å². The second kappa shape index (κ2) is 11.7. The smallest absolute Gasteiger partial charge is 0.322 e. The Morgan fingerprint density at radius 3 is 2.58 bits per heavy atom. The maximum atomic E-state index is 9.24. The number of para-hydroxylation sites is 1. The number of hydrogen-bond donors (Lipinski definition) is 1. The average molecular weight is 523 g/mol. The van der Waals surface area contributed by atoms with E-state index < -0.39 is 8.07 Å². The van der Waals surface area contributed by atoms with Crippen molar-refractivity contribution in [3.05, 3.63) is 71.2 Å². The van der Waals surface area contributed by atoms with Crippen LogP contribution in [0, 0.1) is 6.92 Å². The molecule has 1 N–H and O–H groups in total. The molecule has 0 atom stereocenters. The molecule has 9 nitrogen and oxygen atoms in total. The van der Waals surface area contributed by atoms with Crippen LogP contribution in [-0.4, -0.2) is 44.3 Å². The number of benzene rings is 1. The molecule has 11 heteroatoms. The summed E-state index contributed by atoms with van der Waals surface area (Å²) in [5, 5.41) is 9.24. The standard InChI is InChI=1S/C25H30N6O3SSi/c1-18-12-21(29-24(28-18)34-20-8-6-5-7-9-20)22-15-31(17-33-10-11-36(2,3)4)25(35-22)30-23-14-26-19(16-32)13-27-23/h5-9,12-15,32H,10-11,16-17H2,1-4H3/b30-25-. The van der Waals surface area contributed by atoms with E-state index >= 15 is 0 Å². The molecule has 0 aliphatic heterocycles. The fourth-order valence-corrected chi connectivity index (χ4v) is 4.82. The molecule has 4 aromatic rings. The molecule has 0 radical (unpaired) electrons. The largest absolute Gasteiger partial charge is 0.424 e. The van der Waals surface area contributed by atoms with Crippen LogP contribution in [0.25, 0.3) is 10.6 Å². The zero-order valence-corrected chi connectivity index (χ0v) is 22.7. The number of rotatable bonds is 10. The Balaban J connectivity index is 1.65. The van der Waals surface area contributed by atoms with Gasteiger partial charge < -0.3 is 14.6 Å². The topological polar surface area (TPSA) is 108 Å². The van der Waals surface area contributed by atoms with E-state index in [0.29, 0.717) is 35.4 Å². The van der Waals surface area contributed by atoms with Gasteiger partial charge >= 0.3 is 6.01 Å². The van der Waals surface area contributed by atoms with Gasteiger partial charge in [0.15, 0.2) is 10.6 Å². The van der Waals surface area contributed by atoms with E-state index in [1.807, 2.05) is 54.1 Å². The second-order valence-electron chi connectivity index (χ2n) is 9.42. The summed E-state index contributed by atoms with van der Waals surface area (Å²) in [6.07, 6.45) is 5.03. The maximum absolute atomic E-state index is 9.24. The summed E-state index contributed by atoms with van der Waals surface area (Å²) in [6, 6.07) is 12.7. The van der Waals surface area contributed by atoms with Gasteiger partial charge in [0, 0.05) is 26.6 Å². The van der Waals surface area contributed by atoms with Gasteiger partial charge in [-0.1, -0.05) is 49.2 Å². The SMILES string of the molecule is Cc1cc(-c2cn(COCC[Si](C)(C)C)/c(=N/c3cnc(CO)cn3)s2)nc(Oc2ccccc2)n1. The number of aliphatic hydroxyl groups is 1. The van der Waals surface area contributed by atoms with Gasteiger partial charge in [-0.3, -0.25) is 9.55 Å². The predicted octanol–water partition coefficient (Wildman–Crippen LogP) is 4.93. The summed E-state index contributed by atoms with van der Waals surface area (Å²) in [5.41, 5.74) is 2.02. The van der Waals surface area contributed by atoms with Crippen LogP contribution in [0.1, 0.15) is 11.4 Å². The van der Waals surface area contributed by atoms with Crippen molar-refractivity contribution in [2.75, 3.05) is 6.61 Å². The number of aryl methyl sites for hydroxylation is 1. The highest BCUT2D eigenvalue weighted by atomic mass is 32.1. The van der Waals surface area contributed by atoms with Gasteiger partial charge in [-0.25, -0.2) is 9.97 Å². The first-order valence-corrected chi connectivity index (χ1v) is 16.1. The van der Waals surface area contributed by atoms with Crippen molar-refractivity contribution in [3.8, 4) is 22.3 Å². The predicted molar refractivity (Wildman–Crippen MR) is 142 cm³/mol. The van der Waals surface area contributed by atoms with E-state index in [9.17, 15) is 5.11 Å². The lowest BCUT2D eigenvalue weighted by Gasteiger charge is -2.15. The van der Waals surface area contributed by atoms with E-state index in [1.165, 1.54) is 17.5 Å². The first kappa shape index (κ1) is 25.8. The zero-order chi connectivity index (χ0) is 25.5. The first-order chi connectivity index (χ1) is 17.3. The van der Waals surface area contributed by atoms with Crippen molar-refractivity contribution in [2.24, 2.45) is 4.99 Å². The van der Waals surface area contributed by atoms with Crippen LogP contribution in [0.3, 0.4) is 0 Å². The minimum absolute atomic E-state index is 0.165. The summed E-state index contributed by atoms with van der Waals surface area (Å²) < 4.78 is 13.8. The van der Waals surface area contributed by atoms with Gasteiger partial charge in [0.1, 0.15) is 12.5 Å². The number of thiazole rings is 1. The molecule has 0 spiro atoms. The first-order valence-electron chi connectivity index (χ1n) is 11.6. The molecule has 0 unspecified atom stereocenters. The number of aromatic nitrogens is 5. The van der Waals surface area contributed by atoms with Crippen molar-refractivity contribution in [3.63, 3.8) is 0 Å². The fourth-order valence-electron chi connectivity index (χ4n) is 3.11. The molecule has 3 heterocycles. The number of nitrogens with zero attached hydrogens (tertiary/aromatic N) is 6. The van der Waals surface area contributed by atoms with Gasteiger partial charge in [0.05, 0.1) is 35.3 Å². The molecule has 4 rings (SSSR count). The Morgan fingerprint density at radius 1 is 1.08 bits per heavy atom. The lowest BCUT2D eigenvalue weighted by Crippen LogP contribution is -2.23. The van der Waals surface area contributed by atoms with Gasteiger partial charge in [0.25, 0.3) is 0 Å². The van der Waals surface area contributed by atoms with Crippen molar-refractivity contribution >= 4 is 25.2 Å². The van der Waals surface area contributed by atoms with Gasteiger partial charge in [-0.2, -0.15) is 9.98 Å². The van der Waals surface area contributed by atoms with E-state index in [2.05, 4.69) is 44.6 Å². The van der Waals surface area contributed by atoms with E-state index in [1.54, 1.807) is 6.20 Å². The Bertz CT molecular complexity index is 1350. The van der Waals surface area contributed by atoms with Crippen LogP contribution in [-0.2, 0) is 18.1 Å². The zero-order valence-electron chi connectivity index (χ0n) is 20.9. The molecular formula is C25H30N6O3SSi. The number of hydrogen-bond acceptors (Lipinski definition) is 9. The fraction of sp³-hybridized carbons (Fsp3) is 0.320. The Hall–Kier alpha value is -3.25. The Kier molecular flexibility index (Phi) is 8.36. The molecule has 0 aliphatic carbocycles. The average Bonchev–Trinajstić information content (AvgIpc) is 3.24. The van der Waals surface area contributed by atoms with Crippen molar-refractivity contribution in [2.45, 2.75) is 45.9 Å². The highest BCUT2D eigenvalue weighted by Gasteiger charge is 2.14. The third-order valence-corrected chi connectivity index (χ3v) is 7.80. The minimum atomic E-state index is -1.20. The van der Waals surface area contributed by atoms with Gasteiger partial charge in [-0.05, 0) is 31.2 Å². The van der Waals surface area contributed by atoms with Gasteiger partial charge in [0.2, 0.25) is 0 Å².